The number of hydrogen-bond donors (Lipinski definition) is 4. The number of aromatic nitrogens is 2. The zero-order valence-electron chi connectivity index (χ0n) is 17.4. The van der Waals surface area contributed by atoms with E-state index in [1.165, 1.54) is 13.2 Å². The maximum atomic E-state index is 14.6. The second-order valence-corrected chi connectivity index (χ2v) is 7.98. The number of rotatable bonds is 6. The zero-order valence-corrected chi connectivity index (χ0v) is 17.4. The van der Waals surface area contributed by atoms with Crippen molar-refractivity contribution in [2.24, 2.45) is 0 Å². The predicted molar refractivity (Wildman–Crippen MR) is 115 cm³/mol. The Morgan fingerprint density at radius 3 is 2.74 bits per heavy atom. The highest BCUT2D eigenvalue weighted by molar-refractivity contribution is 5.76. The summed E-state index contributed by atoms with van der Waals surface area (Å²) in [5, 5.41) is 15.6. The third-order valence-electron chi connectivity index (χ3n) is 5.76. The smallest absolute Gasteiger partial charge is 0.315 e. The topological polar surface area (TPSA) is 99.3 Å². The van der Waals surface area contributed by atoms with Crippen molar-refractivity contribution in [2.75, 3.05) is 7.11 Å². The number of methoxy groups -OCH3 is 1. The molecule has 164 valence electrons. The van der Waals surface area contributed by atoms with Gasteiger partial charge >= 0.3 is 6.03 Å². The minimum Gasteiger partial charge on any atom is -0.497 e. The molecule has 0 bridgehead atoms. The molecule has 8 heteroatoms. The summed E-state index contributed by atoms with van der Waals surface area (Å²) in [6.07, 6.45) is 2.76. The van der Waals surface area contributed by atoms with Crippen LogP contribution in [-0.4, -0.2) is 40.4 Å². The SMILES string of the molecule is COc1ccc(C[C@@H](NC(=O)N[C@H]2CC[C@H](O)CC2)c2nc3ccccc3[nH]2)c(F)c1. The first kappa shape index (κ1) is 21.1. The van der Waals surface area contributed by atoms with E-state index < -0.39 is 11.9 Å². The molecule has 4 rings (SSSR count). The molecular formula is C23H27FN4O3. The van der Waals surface area contributed by atoms with Crippen LogP contribution in [0.3, 0.4) is 0 Å². The number of urea groups is 1. The number of carbonyl (C=O) groups is 1. The zero-order chi connectivity index (χ0) is 21.8. The fourth-order valence-electron chi connectivity index (χ4n) is 4.00. The number of halogens is 1. The Kier molecular flexibility index (Phi) is 6.36. The largest absolute Gasteiger partial charge is 0.497 e. The highest BCUT2D eigenvalue weighted by Gasteiger charge is 2.24. The van der Waals surface area contributed by atoms with E-state index in [0.29, 0.717) is 30.0 Å². The second kappa shape index (κ2) is 9.34. The van der Waals surface area contributed by atoms with Gasteiger partial charge in [-0.3, -0.25) is 0 Å². The van der Waals surface area contributed by atoms with E-state index in [-0.39, 0.29) is 24.6 Å². The number of H-pyrrole nitrogens is 1. The molecule has 1 aromatic heterocycles. The standard InChI is InChI=1S/C23H27FN4O3/c1-31-17-11-6-14(18(24)13-17)12-21(22-26-19-4-2-3-5-20(19)27-22)28-23(30)25-15-7-9-16(29)10-8-15/h2-6,11,13,15-16,21,29H,7-10,12H2,1H3,(H,26,27)(H2,25,28,30)/t15-,16-,21-/m1/s1. The van der Waals surface area contributed by atoms with Crippen LogP contribution in [0.5, 0.6) is 5.75 Å². The molecule has 1 aliphatic rings. The third-order valence-corrected chi connectivity index (χ3v) is 5.76. The molecule has 1 heterocycles. The van der Waals surface area contributed by atoms with Gasteiger partial charge in [0, 0.05) is 18.5 Å². The van der Waals surface area contributed by atoms with Crippen LogP contribution in [0.1, 0.15) is 43.1 Å². The maximum absolute atomic E-state index is 14.6. The maximum Gasteiger partial charge on any atom is 0.315 e. The van der Waals surface area contributed by atoms with E-state index in [2.05, 4.69) is 20.6 Å². The molecule has 0 radical (unpaired) electrons. The van der Waals surface area contributed by atoms with Crippen LogP contribution < -0.4 is 15.4 Å². The van der Waals surface area contributed by atoms with Crippen molar-refractivity contribution in [3.63, 3.8) is 0 Å². The lowest BCUT2D eigenvalue weighted by atomic mass is 9.93. The van der Waals surface area contributed by atoms with Crippen LogP contribution in [0.15, 0.2) is 42.5 Å². The van der Waals surface area contributed by atoms with Gasteiger partial charge in [-0.05, 0) is 49.4 Å². The van der Waals surface area contributed by atoms with Gasteiger partial charge in [0.05, 0.1) is 30.3 Å². The van der Waals surface area contributed by atoms with Gasteiger partial charge in [0.25, 0.3) is 0 Å². The van der Waals surface area contributed by atoms with Gasteiger partial charge in [-0.2, -0.15) is 0 Å². The first-order valence-corrected chi connectivity index (χ1v) is 10.5. The Balaban J connectivity index is 1.54. The normalized spacial score (nSPS) is 19.7. The Labute approximate surface area is 180 Å². The van der Waals surface area contributed by atoms with Crippen LogP contribution in [-0.2, 0) is 6.42 Å². The van der Waals surface area contributed by atoms with Crippen molar-refractivity contribution in [1.82, 2.24) is 20.6 Å². The van der Waals surface area contributed by atoms with Crippen LogP contribution in [0, 0.1) is 5.82 Å². The first-order valence-electron chi connectivity index (χ1n) is 10.5. The van der Waals surface area contributed by atoms with Gasteiger partial charge in [0.2, 0.25) is 0 Å². The van der Waals surface area contributed by atoms with E-state index in [1.807, 2.05) is 24.3 Å². The lowest BCUT2D eigenvalue weighted by molar-refractivity contribution is 0.117. The van der Waals surface area contributed by atoms with Gasteiger partial charge < -0.3 is 25.5 Å². The Bertz CT molecular complexity index is 1010. The Morgan fingerprint density at radius 2 is 2.03 bits per heavy atom. The van der Waals surface area contributed by atoms with E-state index in [0.717, 1.165) is 23.9 Å². The second-order valence-electron chi connectivity index (χ2n) is 7.98. The number of nitrogens with zero attached hydrogens (tertiary/aromatic N) is 1. The first-order chi connectivity index (χ1) is 15.0. The number of fused-ring (bicyclic) bond motifs is 1. The van der Waals surface area contributed by atoms with E-state index >= 15 is 0 Å². The Hall–Kier alpha value is -3.13. The van der Waals surface area contributed by atoms with Crippen molar-refractivity contribution in [1.29, 1.82) is 0 Å². The van der Waals surface area contributed by atoms with Crippen molar-refractivity contribution >= 4 is 17.1 Å². The molecule has 0 aliphatic heterocycles. The molecule has 1 fully saturated rings. The highest BCUT2D eigenvalue weighted by Crippen LogP contribution is 2.24. The molecule has 1 aliphatic carbocycles. The molecule has 2 amide bonds. The van der Waals surface area contributed by atoms with Crippen LogP contribution in [0.25, 0.3) is 11.0 Å². The number of para-hydroxylation sites is 2. The molecule has 31 heavy (non-hydrogen) atoms. The van der Waals surface area contributed by atoms with E-state index in [4.69, 9.17) is 4.74 Å². The summed E-state index contributed by atoms with van der Waals surface area (Å²) in [4.78, 5) is 20.6. The van der Waals surface area contributed by atoms with Crippen molar-refractivity contribution in [3.8, 4) is 5.75 Å². The summed E-state index contributed by atoms with van der Waals surface area (Å²) < 4.78 is 19.7. The molecule has 1 saturated carbocycles. The van der Waals surface area contributed by atoms with Crippen molar-refractivity contribution < 1.29 is 19.0 Å². The molecule has 0 saturated heterocycles. The number of amides is 2. The van der Waals surface area contributed by atoms with Gasteiger partial charge in [-0.25, -0.2) is 14.2 Å². The van der Waals surface area contributed by atoms with E-state index in [9.17, 15) is 14.3 Å². The number of carbonyl (C=O) groups excluding carboxylic acids is 1. The predicted octanol–water partition coefficient (Wildman–Crippen LogP) is 3.60. The van der Waals surface area contributed by atoms with Gasteiger partial charge in [0.1, 0.15) is 17.4 Å². The van der Waals surface area contributed by atoms with E-state index in [1.54, 1.807) is 12.1 Å². The Morgan fingerprint density at radius 1 is 1.26 bits per heavy atom. The summed E-state index contributed by atoms with van der Waals surface area (Å²) in [6, 6.07) is 11.4. The average Bonchev–Trinajstić information content (AvgIpc) is 3.20. The summed E-state index contributed by atoms with van der Waals surface area (Å²) in [7, 11) is 1.49. The lowest BCUT2D eigenvalue weighted by Gasteiger charge is -2.27. The van der Waals surface area contributed by atoms with Crippen molar-refractivity contribution in [3.05, 3.63) is 59.7 Å². The van der Waals surface area contributed by atoms with Crippen LogP contribution in [0.4, 0.5) is 9.18 Å². The number of ether oxygens (including phenoxy) is 1. The number of hydrogen-bond acceptors (Lipinski definition) is 4. The fourth-order valence-corrected chi connectivity index (χ4v) is 4.00. The average molecular weight is 426 g/mol. The number of aliphatic hydroxyl groups is 1. The molecule has 3 aromatic rings. The number of nitrogens with one attached hydrogen (secondary N) is 3. The number of imidazole rings is 1. The third kappa shape index (κ3) is 5.14. The molecule has 4 N–H and O–H groups in total. The molecule has 2 aromatic carbocycles. The summed E-state index contributed by atoms with van der Waals surface area (Å²) in [6.45, 7) is 0. The van der Waals surface area contributed by atoms with Gasteiger partial charge in [-0.15, -0.1) is 0 Å². The van der Waals surface area contributed by atoms with Crippen LogP contribution >= 0.6 is 0 Å². The number of aliphatic hydroxyl groups excluding tert-OH is 1. The molecule has 0 unspecified atom stereocenters. The summed E-state index contributed by atoms with van der Waals surface area (Å²) in [5.74, 6) is 0.598. The molecule has 1 atom stereocenters. The molecular weight excluding hydrogens is 399 g/mol. The number of aromatic amines is 1. The minimum atomic E-state index is -0.551. The highest BCUT2D eigenvalue weighted by atomic mass is 19.1. The monoisotopic (exact) mass is 426 g/mol. The fraction of sp³-hybridized carbons (Fsp3) is 0.391. The summed E-state index contributed by atoms with van der Waals surface area (Å²) >= 11 is 0. The quantitative estimate of drug-likeness (QED) is 0.484. The van der Waals surface area contributed by atoms with Crippen LogP contribution in [0.2, 0.25) is 0 Å². The molecule has 7 nitrogen and oxygen atoms in total. The van der Waals surface area contributed by atoms with Gasteiger partial charge in [0.15, 0.2) is 0 Å². The van der Waals surface area contributed by atoms with Crippen molar-refractivity contribution in [2.45, 2.75) is 50.3 Å². The lowest BCUT2D eigenvalue weighted by Crippen LogP contribution is -2.45. The minimum absolute atomic E-state index is 0.0115. The van der Waals surface area contributed by atoms with Gasteiger partial charge in [-0.1, -0.05) is 18.2 Å². The summed E-state index contributed by atoms with van der Waals surface area (Å²) in [5.41, 5.74) is 2.08. The number of benzene rings is 2. The molecule has 0 spiro atoms.